The van der Waals surface area contributed by atoms with Gasteiger partial charge in [0.2, 0.25) is 5.91 Å². The van der Waals surface area contributed by atoms with E-state index >= 15 is 0 Å². The van der Waals surface area contributed by atoms with Gasteiger partial charge in [-0.2, -0.15) is 0 Å². The number of carboxylic acid groups (broad SMARTS) is 1. The average molecular weight is 275 g/mol. The fourth-order valence-corrected chi connectivity index (χ4v) is 3.70. The van der Waals surface area contributed by atoms with Crippen LogP contribution >= 0.6 is 0 Å². The molecule has 0 aromatic rings. The summed E-state index contributed by atoms with van der Waals surface area (Å²) in [6.45, 7) is 5.01. The van der Waals surface area contributed by atoms with E-state index in [4.69, 9.17) is 5.11 Å². The van der Waals surface area contributed by atoms with E-state index in [1.54, 1.807) is 4.90 Å². The van der Waals surface area contributed by atoms with E-state index in [0.717, 1.165) is 12.8 Å². The van der Waals surface area contributed by atoms with E-state index in [-0.39, 0.29) is 23.5 Å². The first-order valence-corrected chi connectivity index (χ1v) is 7.76. The molecule has 1 fully saturated rings. The van der Waals surface area contributed by atoms with Crippen molar-refractivity contribution in [1.29, 1.82) is 0 Å². The van der Waals surface area contributed by atoms with Crippen molar-refractivity contribution < 1.29 is 18.9 Å². The van der Waals surface area contributed by atoms with Crippen molar-refractivity contribution in [3.8, 4) is 0 Å². The molecule has 0 heterocycles. The van der Waals surface area contributed by atoms with Gasteiger partial charge in [-0.1, -0.05) is 0 Å². The quantitative estimate of drug-likeness (QED) is 0.713. The minimum Gasteiger partial charge on any atom is -0.481 e. The zero-order valence-electron chi connectivity index (χ0n) is 11.0. The summed E-state index contributed by atoms with van der Waals surface area (Å²) in [5, 5.41) is 8.77. The Labute approximate surface area is 110 Å². The van der Waals surface area contributed by atoms with Crippen LogP contribution in [0.2, 0.25) is 0 Å². The van der Waals surface area contributed by atoms with Gasteiger partial charge in [-0.25, -0.2) is 0 Å². The molecule has 1 aliphatic rings. The maximum atomic E-state index is 11.9. The number of nitrogens with zero attached hydrogens (tertiary/aromatic N) is 1. The number of carbonyl (C=O) groups is 2. The third kappa shape index (κ3) is 4.40. The third-order valence-corrected chi connectivity index (χ3v) is 4.85. The van der Waals surface area contributed by atoms with Crippen LogP contribution in [0.5, 0.6) is 0 Å². The second-order valence-corrected chi connectivity index (χ2v) is 6.32. The van der Waals surface area contributed by atoms with Crippen molar-refractivity contribution >= 4 is 22.7 Å². The van der Waals surface area contributed by atoms with Gasteiger partial charge in [0.15, 0.2) is 0 Å². The minimum atomic E-state index is -1.25. The predicted octanol–water partition coefficient (Wildman–Crippen LogP) is 0.858. The van der Waals surface area contributed by atoms with Crippen molar-refractivity contribution in [3.05, 3.63) is 0 Å². The zero-order chi connectivity index (χ0) is 13.8. The van der Waals surface area contributed by atoms with Gasteiger partial charge in [0.05, 0.1) is 6.42 Å². The van der Waals surface area contributed by atoms with Crippen molar-refractivity contribution in [2.75, 3.05) is 24.6 Å². The second-order valence-electron chi connectivity index (χ2n) is 4.87. The van der Waals surface area contributed by atoms with E-state index in [1.165, 1.54) is 0 Å². The molecule has 6 heteroatoms. The Hall–Kier alpha value is -0.910. The molecule has 0 radical (unpaired) electrons. The largest absolute Gasteiger partial charge is 0.481 e. The topological polar surface area (TPSA) is 74.7 Å². The normalized spacial score (nSPS) is 18.1. The van der Waals surface area contributed by atoms with Crippen LogP contribution < -0.4 is 0 Å². The lowest BCUT2D eigenvalue weighted by atomic mass is 10.1. The molecular weight excluding hydrogens is 254 g/mol. The fourth-order valence-electron chi connectivity index (χ4n) is 2.07. The SMILES string of the molecule is CCN(CC)C(=O)CS(=O)CC1(CC(=O)O)CC1. The summed E-state index contributed by atoms with van der Waals surface area (Å²) in [5.74, 6) is -0.598. The standard InChI is InChI=1S/C12H21NO4S/c1-3-13(4-2)10(14)8-18(17)9-12(5-6-12)7-11(15)16/h3-9H2,1-2H3,(H,15,16). The average Bonchev–Trinajstić information content (AvgIpc) is 2.97. The lowest BCUT2D eigenvalue weighted by Gasteiger charge is -2.19. The van der Waals surface area contributed by atoms with Gasteiger partial charge in [0, 0.05) is 29.6 Å². The van der Waals surface area contributed by atoms with Crippen LogP contribution in [0.25, 0.3) is 0 Å². The van der Waals surface area contributed by atoms with Crippen LogP contribution in [0.4, 0.5) is 0 Å². The van der Waals surface area contributed by atoms with Gasteiger partial charge in [-0.3, -0.25) is 13.8 Å². The third-order valence-electron chi connectivity index (χ3n) is 3.35. The molecule has 1 N–H and O–H groups in total. The number of aliphatic carboxylic acids is 1. The van der Waals surface area contributed by atoms with E-state index < -0.39 is 16.8 Å². The molecule has 0 saturated heterocycles. The van der Waals surface area contributed by atoms with Crippen LogP contribution in [0, 0.1) is 5.41 Å². The molecule has 1 aliphatic carbocycles. The zero-order valence-corrected chi connectivity index (χ0v) is 11.8. The van der Waals surface area contributed by atoms with Crippen LogP contribution in [0.1, 0.15) is 33.1 Å². The van der Waals surface area contributed by atoms with Crippen LogP contribution in [0.3, 0.4) is 0 Å². The Morgan fingerprint density at radius 1 is 1.28 bits per heavy atom. The molecule has 0 aliphatic heterocycles. The van der Waals surface area contributed by atoms with Gasteiger partial charge in [-0.05, 0) is 32.1 Å². The van der Waals surface area contributed by atoms with E-state index in [1.807, 2.05) is 13.8 Å². The summed E-state index contributed by atoms with van der Waals surface area (Å²) in [6, 6.07) is 0. The maximum absolute atomic E-state index is 11.9. The number of hydrogen-bond donors (Lipinski definition) is 1. The first-order chi connectivity index (χ1) is 8.42. The van der Waals surface area contributed by atoms with Gasteiger partial charge in [-0.15, -0.1) is 0 Å². The number of carbonyl (C=O) groups excluding carboxylic acids is 1. The van der Waals surface area contributed by atoms with Gasteiger partial charge in [0.1, 0.15) is 5.75 Å². The predicted molar refractivity (Wildman–Crippen MR) is 69.7 cm³/mol. The molecule has 1 amide bonds. The Balaban J connectivity index is 2.42. The van der Waals surface area contributed by atoms with Crippen molar-refractivity contribution in [3.63, 3.8) is 0 Å². The van der Waals surface area contributed by atoms with Crippen molar-refractivity contribution in [1.82, 2.24) is 4.90 Å². The molecular formula is C12H21NO4S. The van der Waals surface area contributed by atoms with E-state index in [0.29, 0.717) is 18.8 Å². The van der Waals surface area contributed by atoms with Crippen LogP contribution in [-0.2, 0) is 20.4 Å². The molecule has 0 aromatic heterocycles. The highest BCUT2D eigenvalue weighted by molar-refractivity contribution is 7.85. The van der Waals surface area contributed by atoms with Crippen molar-refractivity contribution in [2.45, 2.75) is 33.1 Å². The fraction of sp³-hybridized carbons (Fsp3) is 0.833. The maximum Gasteiger partial charge on any atom is 0.303 e. The highest BCUT2D eigenvalue weighted by atomic mass is 32.2. The van der Waals surface area contributed by atoms with Crippen LogP contribution in [-0.4, -0.2) is 50.7 Å². The number of amides is 1. The summed E-state index contributed by atoms with van der Waals surface area (Å²) in [7, 11) is -1.25. The summed E-state index contributed by atoms with van der Waals surface area (Å²) >= 11 is 0. The van der Waals surface area contributed by atoms with Crippen LogP contribution in [0.15, 0.2) is 0 Å². The number of rotatable bonds is 8. The molecule has 0 aromatic carbocycles. The number of hydrogen-bond acceptors (Lipinski definition) is 3. The summed E-state index contributed by atoms with van der Waals surface area (Å²) < 4.78 is 11.9. The Bertz CT molecular complexity index is 348. The first kappa shape index (κ1) is 15.1. The molecule has 0 bridgehead atoms. The minimum absolute atomic E-state index is 0.0169. The molecule has 5 nitrogen and oxygen atoms in total. The molecule has 1 unspecified atom stereocenters. The summed E-state index contributed by atoms with van der Waals surface area (Å²) in [5.41, 5.74) is -0.305. The lowest BCUT2D eigenvalue weighted by molar-refractivity contribution is -0.138. The Morgan fingerprint density at radius 2 is 1.83 bits per heavy atom. The molecule has 1 saturated carbocycles. The summed E-state index contributed by atoms with van der Waals surface area (Å²) in [6.07, 6.45) is 1.69. The first-order valence-electron chi connectivity index (χ1n) is 6.27. The summed E-state index contributed by atoms with van der Waals surface area (Å²) in [4.78, 5) is 24.1. The van der Waals surface area contributed by atoms with Gasteiger partial charge >= 0.3 is 5.97 Å². The van der Waals surface area contributed by atoms with E-state index in [2.05, 4.69) is 0 Å². The molecule has 18 heavy (non-hydrogen) atoms. The molecule has 1 atom stereocenters. The van der Waals surface area contributed by atoms with Gasteiger partial charge in [0.25, 0.3) is 0 Å². The number of carboxylic acids is 1. The smallest absolute Gasteiger partial charge is 0.303 e. The highest BCUT2D eigenvalue weighted by Gasteiger charge is 2.45. The Kier molecular flexibility index (Phi) is 5.31. The van der Waals surface area contributed by atoms with E-state index in [9.17, 15) is 13.8 Å². The van der Waals surface area contributed by atoms with Crippen molar-refractivity contribution in [2.24, 2.45) is 5.41 Å². The Morgan fingerprint density at radius 3 is 2.22 bits per heavy atom. The molecule has 104 valence electrons. The van der Waals surface area contributed by atoms with Gasteiger partial charge < -0.3 is 10.0 Å². The highest BCUT2D eigenvalue weighted by Crippen LogP contribution is 2.49. The lowest BCUT2D eigenvalue weighted by Crippen LogP contribution is -2.35. The molecule has 0 spiro atoms. The monoisotopic (exact) mass is 275 g/mol. The molecule has 1 rings (SSSR count). The second kappa shape index (κ2) is 6.31.